The Bertz CT molecular complexity index is 358. The van der Waals surface area contributed by atoms with E-state index in [-0.39, 0.29) is 5.41 Å². The third-order valence-electron chi connectivity index (χ3n) is 3.34. The highest BCUT2D eigenvalue weighted by Gasteiger charge is 2.29. The van der Waals surface area contributed by atoms with Crippen molar-refractivity contribution in [3.63, 3.8) is 0 Å². The predicted molar refractivity (Wildman–Crippen MR) is 62.6 cm³/mol. The van der Waals surface area contributed by atoms with E-state index >= 15 is 0 Å². The molecule has 4 nitrogen and oxygen atoms in total. The van der Waals surface area contributed by atoms with Gasteiger partial charge in [0.2, 0.25) is 5.28 Å². The summed E-state index contributed by atoms with van der Waals surface area (Å²) in [5, 5.41) is 8.52. The van der Waals surface area contributed by atoms with Gasteiger partial charge in [0.05, 0.1) is 0 Å². The van der Waals surface area contributed by atoms with Crippen molar-refractivity contribution in [1.82, 2.24) is 14.8 Å². The predicted octanol–water partition coefficient (Wildman–Crippen LogP) is 2.31. The van der Waals surface area contributed by atoms with Crippen molar-refractivity contribution in [2.75, 3.05) is 13.2 Å². The van der Waals surface area contributed by atoms with Gasteiger partial charge in [-0.25, -0.2) is 0 Å². The first-order chi connectivity index (χ1) is 7.64. The molecular weight excluding hydrogens is 226 g/mol. The lowest BCUT2D eigenvalue weighted by molar-refractivity contribution is 0.0151. The van der Waals surface area contributed by atoms with Crippen LogP contribution in [0.25, 0.3) is 0 Å². The number of hydrogen-bond donors (Lipinski definition) is 0. The van der Waals surface area contributed by atoms with Crippen molar-refractivity contribution in [3.8, 4) is 0 Å². The van der Waals surface area contributed by atoms with Crippen LogP contribution in [0.2, 0.25) is 5.28 Å². The Kier molecular flexibility index (Phi) is 3.50. The molecule has 90 valence electrons. The third-order valence-corrected chi connectivity index (χ3v) is 3.62. The van der Waals surface area contributed by atoms with E-state index in [1.165, 1.54) is 0 Å². The van der Waals surface area contributed by atoms with Gasteiger partial charge >= 0.3 is 0 Å². The van der Waals surface area contributed by atoms with Gasteiger partial charge in [-0.3, -0.25) is 0 Å². The first-order valence-electron chi connectivity index (χ1n) is 5.80. The van der Waals surface area contributed by atoms with E-state index < -0.39 is 0 Å². The number of ether oxygens (including phenoxy) is 1. The molecule has 0 bridgehead atoms. The first-order valence-corrected chi connectivity index (χ1v) is 6.18. The Morgan fingerprint density at radius 2 is 2.06 bits per heavy atom. The van der Waals surface area contributed by atoms with E-state index in [2.05, 4.69) is 24.0 Å². The summed E-state index contributed by atoms with van der Waals surface area (Å²) in [6, 6.07) is 0. The minimum Gasteiger partial charge on any atom is -0.381 e. The monoisotopic (exact) mass is 243 g/mol. The van der Waals surface area contributed by atoms with Gasteiger partial charge in [0.25, 0.3) is 0 Å². The van der Waals surface area contributed by atoms with Gasteiger partial charge < -0.3 is 9.30 Å². The van der Waals surface area contributed by atoms with Crippen LogP contribution in [0.3, 0.4) is 0 Å². The van der Waals surface area contributed by atoms with Crippen LogP contribution in [-0.4, -0.2) is 28.0 Å². The maximum absolute atomic E-state index is 6.06. The lowest BCUT2D eigenvalue weighted by atomic mass is 9.82. The summed E-state index contributed by atoms with van der Waals surface area (Å²) in [7, 11) is 0. The topological polar surface area (TPSA) is 39.9 Å². The highest BCUT2D eigenvalue weighted by Crippen LogP contribution is 2.32. The zero-order chi connectivity index (χ0) is 11.6. The molecule has 2 rings (SSSR count). The molecule has 0 unspecified atom stereocenters. The van der Waals surface area contributed by atoms with Crippen molar-refractivity contribution in [1.29, 1.82) is 0 Å². The number of hydrogen-bond acceptors (Lipinski definition) is 3. The molecule has 1 fully saturated rings. The smallest absolute Gasteiger partial charge is 0.225 e. The Morgan fingerprint density at radius 1 is 1.38 bits per heavy atom. The molecule has 2 heterocycles. The van der Waals surface area contributed by atoms with Crippen molar-refractivity contribution in [2.24, 2.45) is 5.41 Å². The molecule has 0 aliphatic carbocycles. The first kappa shape index (κ1) is 11.9. The van der Waals surface area contributed by atoms with Gasteiger partial charge in [-0.05, 0) is 29.9 Å². The van der Waals surface area contributed by atoms with Gasteiger partial charge in [-0.2, -0.15) is 0 Å². The molecule has 1 aromatic heterocycles. The molecule has 1 aliphatic rings. The Morgan fingerprint density at radius 3 is 2.69 bits per heavy atom. The van der Waals surface area contributed by atoms with Gasteiger partial charge in [-0.15, -0.1) is 10.2 Å². The standard InChI is InChI=1S/C11H18ClN3O/c1-3-9-13-14-10(12)15(9)8-11(2)4-6-16-7-5-11/h3-8H2,1-2H3. The van der Waals surface area contributed by atoms with Crippen LogP contribution in [0.4, 0.5) is 0 Å². The molecule has 0 aromatic carbocycles. The second-order valence-electron chi connectivity index (χ2n) is 4.75. The van der Waals surface area contributed by atoms with Crippen molar-refractivity contribution in [3.05, 3.63) is 11.1 Å². The summed E-state index contributed by atoms with van der Waals surface area (Å²) < 4.78 is 7.43. The summed E-state index contributed by atoms with van der Waals surface area (Å²) in [4.78, 5) is 0. The van der Waals surface area contributed by atoms with Crippen LogP contribution < -0.4 is 0 Å². The average molecular weight is 244 g/mol. The molecule has 1 saturated heterocycles. The van der Waals surface area contributed by atoms with Crippen molar-refractivity contribution in [2.45, 2.75) is 39.7 Å². The second kappa shape index (κ2) is 4.72. The molecule has 0 spiro atoms. The Hall–Kier alpha value is -0.610. The largest absolute Gasteiger partial charge is 0.381 e. The molecule has 0 amide bonds. The normalized spacial score (nSPS) is 19.9. The van der Waals surface area contributed by atoms with Crippen LogP contribution in [0.15, 0.2) is 0 Å². The van der Waals surface area contributed by atoms with Crippen LogP contribution >= 0.6 is 11.6 Å². The SMILES string of the molecule is CCc1nnc(Cl)n1CC1(C)CCOCC1. The second-order valence-corrected chi connectivity index (χ2v) is 5.09. The fourth-order valence-electron chi connectivity index (χ4n) is 2.14. The number of aryl methyl sites for hydroxylation is 1. The Balaban J connectivity index is 2.15. The fraction of sp³-hybridized carbons (Fsp3) is 0.818. The summed E-state index contributed by atoms with van der Waals surface area (Å²) in [5.41, 5.74) is 0.258. The fourth-order valence-corrected chi connectivity index (χ4v) is 2.33. The van der Waals surface area contributed by atoms with Gasteiger partial charge in [-0.1, -0.05) is 13.8 Å². The lowest BCUT2D eigenvalue weighted by Crippen LogP contribution is -2.31. The van der Waals surface area contributed by atoms with E-state index in [0.29, 0.717) is 5.28 Å². The summed E-state index contributed by atoms with van der Waals surface area (Å²) in [5.74, 6) is 0.970. The van der Waals surface area contributed by atoms with E-state index in [4.69, 9.17) is 16.3 Å². The maximum atomic E-state index is 6.06. The summed E-state index contributed by atoms with van der Waals surface area (Å²) in [6.45, 7) is 6.94. The van der Waals surface area contributed by atoms with Crippen LogP contribution in [0, 0.1) is 5.41 Å². The van der Waals surface area contributed by atoms with Crippen molar-refractivity contribution >= 4 is 11.6 Å². The maximum Gasteiger partial charge on any atom is 0.225 e. The quantitative estimate of drug-likeness (QED) is 0.818. The molecule has 0 radical (unpaired) electrons. The Labute approximate surface area is 101 Å². The zero-order valence-electron chi connectivity index (χ0n) is 9.87. The molecular formula is C11H18ClN3O. The van der Waals surface area contributed by atoms with E-state index in [1.807, 2.05) is 4.57 Å². The molecule has 1 aromatic rings. The zero-order valence-corrected chi connectivity index (χ0v) is 10.6. The molecule has 0 N–H and O–H groups in total. The third kappa shape index (κ3) is 2.38. The van der Waals surface area contributed by atoms with Gasteiger partial charge in [0, 0.05) is 26.2 Å². The number of halogens is 1. The van der Waals surface area contributed by atoms with E-state index in [9.17, 15) is 0 Å². The van der Waals surface area contributed by atoms with Crippen LogP contribution in [0.1, 0.15) is 32.5 Å². The van der Waals surface area contributed by atoms with E-state index in [1.54, 1.807) is 0 Å². The summed E-state index contributed by atoms with van der Waals surface area (Å²) in [6.07, 6.45) is 3.02. The lowest BCUT2D eigenvalue weighted by Gasteiger charge is -2.34. The molecule has 1 aliphatic heterocycles. The van der Waals surface area contributed by atoms with Crippen molar-refractivity contribution < 1.29 is 4.74 Å². The highest BCUT2D eigenvalue weighted by molar-refractivity contribution is 6.28. The minimum absolute atomic E-state index is 0.258. The highest BCUT2D eigenvalue weighted by atomic mass is 35.5. The number of aromatic nitrogens is 3. The molecule has 0 saturated carbocycles. The summed E-state index contributed by atoms with van der Waals surface area (Å²) >= 11 is 6.06. The van der Waals surface area contributed by atoms with Crippen LogP contribution in [0.5, 0.6) is 0 Å². The van der Waals surface area contributed by atoms with Gasteiger partial charge in [0.1, 0.15) is 5.82 Å². The van der Waals surface area contributed by atoms with Crippen LogP contribution in [-0.2, 0) is 17.7 Å². The average Bonchev–Trinajstić information content (AvgIpc) is 2.61. The molecule has 16 heavy (non-hydrogen) atoms. The number of rotatable bonds is 3. The molecule has 0 atom stereocenters. The van der Waals surface area contributed by atoms with E-state index in [0.717, 1.165) is 44.8 Å². The minimum atomic E-state index is 0.258. The van der Waals surface area contributed by atoms with Gasteiger partial charge in [0.15, 0.2) is 0 Å². The number of nitrogens with zero attached hydrogens (tertiary/aromatic N) is 3. The molecule has 5 heteroatoms.